The van der Waals surface area contributed by atoms with Gasteiger partial charge in [-0.3, -0.25) is 4.79 Å². The monoisotopic (exact) mass is 247 g/mol. The van der Waals surface area contributed by atoms with Gasteiger partial charge in [0, 0.05) is 11.6 Å². The molecule has 1 heterocycles. The third-order valence-electron chi connectivity index (χ3n) is 2.58. The van der Waals surface area contributed by atoms with E-state index in [1.165, 1.54) is 0 Å². The van der Waals surface area contributed by atoms with Crippen LogP contribution in [-0.2, 0) is 4.79 Å². The molecule has 0 unspecified atom stereocenters. The van der Waals surface area contributed by atoms with E-state index < -0.39 is 6.04 Å². The second-order valence-electron chi connectivity index (χ2n) is 4.67. The average molecular weight is 247 g/mol. The van der Waals surface area contributed by atoms with Gasteiger partial charge in [0.15, 0.2) is 11.5 Å². The van der Waals surface area contributed by atoms with Crippen molar-refractivity contribution < 1.29 is 9.21 Å². The maximum Gasteiger partial charge on any atom is 0.240 e. The Morgan fingerprint density at radius 3 is 2.72 bits per heavy atom. The van der Waals surface area contributed by atoms with Crippen LogP contribution in [0.1, 0.15) is 32.6 Å². The number of hydrogen-bond acceptors (Lipinski definition) is 4. The van der Waals surface area contributed by atoms with E-state index in [-0.39, 0.29) is 11.8 Å². The first-order valence-corrected chi connectivity index (χ1v) is 5.94. The molecule has 3 N–H and O–H groups in total. The van der Waals surface area contributed by atoms with Crippen LogP contribution in [0.15, 0.2) is 22.6 Å². The van der Waals surface area contributed by atoms with Crippen molar-refractivity contribution in [2.75, 3.05) is 5.32 Å². The minimum Gasteiger partial charge on any atom is -0.440 e. The summed E-state index contributed by atoms with van der Waals surface area (Å²) in [7, 11) is 0. The molecule has 1 atom stereocenters. The maximum atomic E-state index is 11.5. The van der Waals surface area contributed by atoms with E-state index in [4.69, 9.17) is 10.2 Å². The Morgan fingerprint density at radius 2 is 2.11 bits per heavy atom. The molecule has 0 saturated heterocycles. The molecular weight excluding hydrogens is 230 g/mol. The Hall–Kier alpha value is -1.88. The lowest BCUT2D eigenvalue weighted by Gasteiger charge is -2.06. The van der Waals surface area contributed by atoms with Crippen LogP contribution in [0.25, 0.3) is 11.1 Å². The third-order valence-corrected chi connectivity index (χ3v) is 2.58. The largest absolute Gasteiger partial charge is 0.440 e. The highest BCUT2D eigenvalue weighted by Crippen LogP contribution is 2.23. The molecule has 0 aliphatic carbocycles. The number of nitrogens with zero attached hydrogens (tertiary/aromatic N) is 1. The molecular formula is C13H17N3O2. The Morgan fingerprint density at radius 1 is 1.39 bits per heavy atom. The molecule has 2 rings (SSSR count). The number of carbonyl (C=O) groups is 1. The van der Waals surface area contributed by atoms with Crippen molar-refractivity contribution in [2.45, 2.75) is 32.7 Å². The molecule has 18 heavy (non-hydrogen) atoms. The first kappa shape index (κ1) is 12.6. The first-order valence-electron chi connectivity index (χ1n) is 5.94. The maximum absolute atomic E-state index is 11.5. The minimum absolute atomic E-state index is 0.220. The fourth-order valence-corrected chi connectivity index (χ4v) is 1.53. The van der Waals surface area contributed by atoms with E-state index in [9.17, 15) is 4.79 Å². The fourth-order valence-electron chi connectivity index (χ4n) is 1.53. The molecule has 96 valence electrons. The van der Waals surface area contributed by atoms with Gasteiger partial charge in [-0.1, -0.05) is 13.8 Å². The summed E-state index contributed by atoms with van der Waals surface area (Å²) in [5, 5.41) is 2.73. The lowest BCUT2D eigenvalue weighted by Crippen LogP contribution is -2.32. The Kier molecular flexibility index (Phi) is 3.34. The number of amides is 1. The van der Waals surface area contributed by atoms with Crippen molar-refractivity contribution in [3.63, 3.8) is 0 Å². The number of nitrogens with one attached hydrogen (secondary N) is 1. The SMILES string of the molecule is CC(C)c1nc2cc(NC(=O)[C@H](C)N)ccc2o1. The van der Waals surface area contributed by atoms with Gasteiger partial charge in [0.1, 0.15) is 5.52 Å². The normalized spacial score (nSPS) is 12.9. The van der Waals surface area contributed by atoms with E-state index in [1.807, 2.05) is 13.8 Å². The van der Waals surface area contributed by atoms with Gasteiger partial charge in [-0.05, 0) is 25.1 Å². The molecule has 5 heteroatoms. The van der Waals surface area contributed by atoms with Crippen LogP contribution >= 0.6 is 0 Å². The zero-order valence-electron chi connectivity index (χ0n) is 10.7. The molecule has 0 radical (unpaired) electrons. The topological polar surface area (TPSA) is 81.2 Å². The zero-order chi connectivity index (χ0) is 13.3. The molecule has 2 aromatic rings. The van der Waals surface area contributed by atoms with Crippen molar-refractivity contribution >= 4 is 22.7 Å². The van der Waals surface area contributed by atoms with Gasteiger partial charge >= 0.3 is 0 Å². The van der Waals surface area contributed by atoms with Gasteiger partial charge in [0.05, 0.1) is 6.04 Å². The summed E-state index contributed by atoms with van der Waals surface area (Å²) in [5.41, 5.74) is 7.63. The third kappa shape index (κ3) is 2.51. The summed E-state index contributed by atoms with van der Waals surface area (Å²) in [4.78, 5) is 15.9. The second-order valence-corrected chi connectivity index (χ2v) is 4.67. The van der Waals surface area contributed by atoms with E-state index in [2.05, 4.69) is 10.3 Å². The molecule has 0 bridgehead atoms. The lowest BCUT2D eigenvalue weighted by atomic mass is 10.2. The molecule has 5 nitrogen and oxygen atoms in total. The quantitative estimate of drug-likeness (QED) is 0.871. The number of fused-ring (bicyclic) bond motifs is 1. The number of benzene rings is 1. The predicted octanol–water partition coefficient (Wildman–Crippen LogP) is 2.24. The minimum atomic E-state index is -0.538. The summed E-state index contributed by atoms with van der Waals surface area (Å²) in [5.74, 6) is 0.710. The second kappa shape index (κ2) is 4.78. The Balaban J connectivity index is 2.29. The van der Waals surface area contributed by atoms with Gasteiger partial charge < -0.3 is 15.5 Å². The summed E-state index contributed by atoms with van der Waals surface area (Å²) in [6.45, 7) is 5.67. The van der Waals surface area contributed by atoms with E-state index in [0.29, 0.717) is 11.6 Å². The highest BCUT2D eigenvalue weighted by molar-refractivity contribution is 5.95. The van der Waals surface area contributed by atoms with Crippen molar-refractivity contribution in [3.05, 3.63) is 24.1 Å². The van der Waals surface area contributed by atoms with Gasteiger partial charge in [-0.25, -0.2) is 4.98 Å². The summed E-state index contributed by atoms with van der Waals surface area (Å²) in [6, 6.07) is 4.82. The van der Waals surface area contributed by atoms with Crippen LogP contribution < -0.4 is 11.1 Å². The number of hydrogen-bond donors (Lipinski definition) is 2. The number of nitrogens with two attached hydrogens (primary N) is 1. The molecule has 0 spiro atoms. The van der Waals surface area contributed by atoms with E-state index in [0.717, 1.165) is 11.1 Å². The van der Waals surface area contributed by atoms with Crippen LogP contribution in [0, 0.1) is 0 Å². The fraction of sp³-hybridized carbons (Fsp3) is 0.385. The van der Waals surface area contributed by atoms with Crippen LogP contribution in [-0.4, -0.2) is 16.9 Å². The number of carbonyl (C=O) groups excluding carboxylic acids is 1. The number of anilines is 1. The zero-order valence-corrected chi connectivity index (χ0v) is 10.7. The van der Waals surface area contributed by atoms with Gasteiger partial charge in [0.2, 0.25) is 5.91 Å². The number of aromatic nitrogens is 1. The van der Waals surface area contributed by atoms with Crippen molar-refractivity contribution in [1.82, 2.24) is 4.98 Å². The van der Waals surface area contributed by atoms with Crippen molar-refractivity contribution in [1.29, 1.82) is 0 Å². The van der Waals surface area contributed by atoms with Crippen molar-refractivity contribution in [2.24, 2.45) is 5.73 Å². The summed E-state index contributed by atoms with van der Waals surface area (Å²) in [6.07, 6.45) is 0. The molecule has 1 amide bonds. The summed E-state index contributed by atoms with van der Waals surface area (Å²) < 4.78 is 5.59. The Bertz CT molecular complexity index is 573. The molecule has 1 aromatic heterocycles. The van der Waals surface area contributed by atoms with Gasteiger partial charge in [-0.2, -0.15) is 0 Å². The molecule has 0 fully saturated rings. The van der Waals surface area contributed by atoms with Gasteiger partial charge in [-0.15, -0.1) is 0 Å². The average Bonchev–Trinajstić information content (AvgIpc) is 2.71. The predicted molar refractivity (Wildman–Crippen MR) is 70.4 cm³/mol. The standard InChI is InChI=1S/C13H17N3O2/c1-7(2)13-16-10-6-9(4-5-11(10)18-13)15-12(17)8(3)14/h4-8H,14H2,1-3H3,(H,15,17)/t8-/m0/s1. The van der Waals surface area contributed by atoms with Gasteiger partial charge in [0.25, 0.3) is 0 Å². The number of rotatable bonds is 3. The summed E-state index contributed by atoms with van der Waals surface area (Å²) >= 11 is 0. The lowest BCUT2D eigenvalue weighted by molar-refractivity contribution is -0.117. The molecule has 0 saturated carbocycles. The number of oxazole rings is 1. The molecule has 0 aliphatic rings. The smallest absolute Gasteiger partial charge is 0.240 e. The van der Waals surface area contributed by atoms with Crippen LogP contribution in [0.3, 0.4) is 0 Å². The highest BCUT2D eigenvalue weighted by atomic mass is 16.3. The van der Waals surface area contributed by atoms with E-state index >= 15 is 0 Å². The van der Waals surface area contributed by atoms with Crippen LogP contribution in [0.5, 0.6) is 0 Å². The van der Waals surface area contributed by atoms with Crippen LogP contribution in [0.4, 0.5) is 5.69 Å². The van der Waals surface area contributed by atoms with Crippen LogP contribution in [0.2, 0.25) is 0 Å². The first-order chi connectivity index (χ1) is 8.47. The highest BCUT2D eigenvalue weighted by Gasteiger charge is 2.11. The molecule has 0 aliphatic heterocycles. The van der Waals surface area contributed by atoms with Crippen molar-refractivity contribution in [3.8, 4) is 0 Å². The Labute approximate surface area is 105 Å². The van der Waals surface area contributed by atoms with E-state index in [1.54, 1.807) is 25.1 Å². The molecule has 1 aromatic carbocycles.